The van der Waals surface area contributed by atoms with E-state index in [9.17, 15) is 14.4 Å². The number of hydrogen-bond acceptors (Lipinski definition) is 5. The van der Waals surface area contributed by atoms with Crippen LogP contribution >= 0.6 is 0 Å². The fourth-order valence-electron chi connectivity index (χ4n) is 4.51. The second-order valence-corrected chi connectivity index (χ2v) is 9.40. The topological polar surface area (TPSA) is 90.3 Å². The van der Waals surface area contributed by atoms with Gasteiger partial charge in [0.25, 0.3) is 5.56 Å². The first-order chi connectivity index (χ1) is 17.2. The summed E-state index contributed by atoms with van der Waals surface area (Å²) in [6.07, 6.45) is 5.73. The van der Waals surface area contributed by atoms with E-state index in [1.54, 1.807) is 18.6 Å². The standard InChI is InChI=1S/C29H35N3O4/c1-7-19(3)28(32-12-11-18(2)13-25(32)33)29(35)31-24(15-26(34)36-6)22-14-23(17-30-16-22)27-20(4)9-8-10-21(27)5/h8-14,16-17,19,24,28H,7,15H2,1-6H3,(H,31,35)/t19?,24-,28?/m0/s1. The van der Waals surface area contributed by atoms with E-state index in [4.69, 9.17) is 4.74 Å². The quantitative estimate of drug-likeness (QED) is 0.434. The number of amides is 1. The number of pyridine rings is 2. The third kappa shape index (κ3) is 6.08. The summed E-state index contributed by atoms with van der Waals surface area (Å²) in [4.78, 5) is 43.1. The number of rotatable bonds is 9. The van der Waals surface area contributed by atoms with Crippen LogP contribution in [0.1, 0.15) is 61.0 Å². The SMILES string of the molecule is CCC(C)C(C(=O)N[C@@H](CC(=O)OC)c1cncc(-c2c(C)cccc2C)c1)n1ccc(C)cc1=O. The van der Waals surface area contributed by atoms with Gasteiger partial charge in [-0.25, -0.2) is 0 Å². The zero-order valence-electron chi connectivity index (χ0n) is 21.9. The molecule has 0 fully saturated rings. The van der Waals surface area contributed by atoms with Crippen molar-refractivity contribution in [3.05, 3.63) is 87.6 Å². The predicted molar refractivity (Wildman–Crippen MR) is 141 cm³/mol. The van der Waals surface area contributed by atoms with Gasteiger partial charge in [-0.15, -0.1) is 0 Å². The van der Waals surface area contributed by atoms with Crippen LogP contribution < -0.4 is 10.9 Å². The van der Waals surface area contributed by atoms with Crippen LogP contribution in [0.5, 0.6) is 0 Å². The highest BCUT2D eigenvalue weighted by atomic mass is 16.5. The fraction of sp³-hybridized carbons (Fsp3) is 0.379. The molecule has 3 rings (SSSR count). The van der Waals surface area contributed by atoms with Gasteiger partial charge in [0.15, 0.2) is 0 Å². The molecule has 0 bridgehead atoms. The predicted octanol–water partition coefficient (Wildman–Crippen LogP) is 4.84. The summed E-state index contributed by atoms with van der Waals surface area (Å²) in [7, 11) is 1.32. The van der Waals surface area contributed by atoms with Gasteiger partial charge in [0.1, 0.15) is 6.04 Å². The van der Waals surface area contributed by atoms with Crippen molar-refractivity contribution in [1.29, 1.82) is 0 Å². The minimum absolute atomic E-state index is 0.0594. The van der Waals surface area contributed by atoms with Gasteiger partial charge in [-0.05, 0) is 66.6 Å². The Hall–Kier alpha value is -3.74. The largest absolute Gasteiger partial charge is 0.469 e. The van der Waals surface area contributed by atoms with Gasteiger partial charge in [0, 0.05) is 30.2 Å². The van der Waals surface area contributed by atoms with Crippen molar-refractivity contribution in [3.63, 3.8) is 0 Å². The molecule has 2 unspecified atom stereocenters. The highest BCUT2D eigenvalue weighted by molar-refractivity contribution is 5.82. The molecule has 2 heterocycles. The number of aromatic nitrogens is 2. The van der Waals surface area contributed by atoms with Crippen LogP contribution in [0.3, 0.4) is 0 Å². The van der Waals surface area contributed by atoms with Gasteiger partial charge in [0.05, 0.1) is 19.6 Å². The van der Waals surface area contributed by atoms with Crippen molar-refractivity contribution < 1.29 is 14.3 Å². The Morgan fingerprint density at radius 2 is 1.78 bits per heavy atom. The maximum Gasteiger partial charge on any atom is 0.307 e. The first-order valence-corrected chi connectivity index (χ1v) is 12.2. The van der Waals surface area contributed by atoms with Gasteiger partial charge in [0.2, 0.25) is 5.91 Å². The number of nitrogens with one attached hydrogen (secondary N) is 1. The van der Waals surface area contributed by atoms with E-state index in [0.29, 0.717) is 12.0 Å². The fourth-order valence-corrected chi connectivity index (χ4v) is 4.51. The van der Waals surface area contributed by atoms with Crippen LogP contribution in [0.15, 0.2) is 59.8 Å². The number of carbonyl (C=O) groups is 2. The molecule has 0 saturated heterocycles. The van der Waals surface area contributed by atoms with Crippen molar-refractivity contribution in [1.82, 2.24) is 14.9 Å². The summed E-state index contributed by atoms with van der Waals surface area (Å²) in [6.45, 7) is 9.84. The Kier molecular flexibility index (Phi) is 8.80. The van der Waals surface area contributed by atoms with E-state index in [0.717, 1.165) is 27.8 Å². The number of carbonyl (C=O) groups excluding carboxylic acids is 2. The molecule has 7 heteroatoms. The van der Waals surface area contributed by atoms with Crippen LogP contribution in [-0.4, -0.2) is 28.5 Å². The second-order valence-electron chi connectivity index (χ2n) is 9.40. The van der Waals surface area contributed by atoms with Gasteiger partial charge >= 0.3 is 5.97 Å². The molecule has 3 aromatic rings. The molecule has 0 saturated carbocycles. The molecule has 0 aliphatic heterocycles. The van der Waals surface area contributed by atoms with Crippen molar-refractivity contribution in [2.24, 2.45) is 5.92 Å². The summed E-state index contributed by atoms with van der Waals surface area (Å²) in [5.74, 6) is -0.893. The third-order valence-corrected chi connectivity index (χ3v) is 6.70. The molecule has 3 atom stereocenters. The van der Waals surface area contributed by atoms with Crippen LogP contribution in [0.25, 0.3) is 11.1 Å². The average Bonchev–Trinajstić information content (AvgIpc) is 2.85. The summed E-state index contributed by atoms with van der Waals surface area (Å²) in [5, 5.41) is 3.02. The maximum atomic E-state index is 13.7. The van der Waals surface area contributed by atoms with Crippen molar-refractivity contribution in [2.75, 3.05) is 7.11 Å². The minimum Gasteiger partial charge on any atom is -0.469 e. The van der Waals surface area contributed by atoms with E-state index in [2.05, 4.69) is 10.3 Å². The summed E-state index contributed by atoms with van der Waals surface area (Å²) in [6, 6.07) is 9.98. The zero-order valence-corrected chi connectivity index (χ0v) is 21.9. The average molecular weight is 490 g/mol. The highest BCUT2D eigenvalue weighted by Gasteiger charge is 2.30. The monoisotopic (exact) mass is 489 g/mol. The Morgan fingerprint density at radius 3 is 2.39 bits per heavy atom. The lowest BCUT2D eigenvalue weighted by molar-refractivity contribution is -0.141. The van der Waals surface area contributed by atoms with Gasteiger partial charge in [-0.1, -0.05) is 38.5 Å². The van der Waals surface area contributed by atoms with E-state index in [1.807, 2.05) is 65.0 Å². The van der Waals surface area contributed by atoms with Crippen LogP contribution in [0, 0.1) is 26.7 Å². The number of ether oxygens (including phenoxy) is 1. The van der Waals surface area contributed by atoms with Crippen molar-refractivity contribution in [3.8, 4) is 11.1 Å². The Bertz CT molecular complexity index is 1280. The Morgan fingerprint density at radius 1 is 1.08 bits per heavy atom. The molecule has 1 N–H and O–H groups in total. The van der Waals surface area contributed by atoms with E-state index >= 15 is 0 Å². The number of methoxy groups -OCH3 is 1. The van der Waals surface area contributed by atoms with Gasteiger partial charge in [-0.3, -0.25) is 19.4 Å². The van der Waals surface area contributed by atoms with E-state index in [1.165, 1.54) is 17.7 Å². The number of benzene rings is 1. The lowest BCUT2D eigenvalue weighted by Gasteiger charge is -2.27. The highest BCUT2D eigenvalue weighted by Crippen LogP contribution is 2.30. The molecular weight excluding hydrogens is 454 g/mol. The van der Waals surface area contributed by atoms with E-state index in [-0.39, 0.29) is 23.8 Å². The van der Waals surface area contributed by atoms with E-state index < -0.39 is 18.1 Å². The molecule has 2 aromatic heterocycles. The lowest BCUT2D eigenvalue weighted by atomic mass is 9.94. The van der Waals surface area contributed by atoms with Crippen molar-refractivity contribution in [2.45, 2.75) is 59.5 Å². The first-order valence-electron chi connectivity index (χ1n) is 12.2. The number of nitrogens with zero attached hydrogens (tertiary/aromatic N) is 2. The molecule has 1 amide bonds. The molecule has 190 valence electrons. The molecular formula is C29H35N3O4. The number of hydrogen-bond donors (Lipinski definition) is 1. The second kappa shape index (κ2) is 11.8. The van der Waals surface area contributed by atoms with Crippen LogP contribution in [-0.2, 0) is 14.3 Å². The normalized spacial score (nSPS) is 13.5. The Balaban J connectivity index is 2.02. The molecule has 1 aromatic carbocycles. The van der Waals surface area contributed by atoms with Crippen LogP contribution in [0.4, 0.5) is 0 Å². The summed E-state index contributed by atoms with van der Waals surface area (Å²) >= 11 is 0. The molecule has 36 heavy (non-hydrogen) atoms. The van der Waals surface area contributed by atoms with Gasteiger partial charge in [-0.2, -0.15) is 0 Å². The number of esters is 1. The number of aryl methyl sites for hydroxylation is 3. The smallest absolute Gasteiger partial charge is 0.307 e. The van der Waals surface area contributed by atoms with Crippen molar-refractivity contribution >= 4 is 11.9 Å². The molecule has 7 nitrogen and oxygen atoms in total. The maximum absolute atomic E-state index is 13.7. The Labute approximate surface area is 212 Å². The summed E-state index contributed by atoms with van der Waals surface area (Å²) in [5.41, 5.74) is 5.47. The molecule has 0 radical (unpaired) electrons. The minimum atomic E-state index is -0.724. The molecule has 0 aliphatic rings. The zero-order chi connectivity index (χ0) is 26.4. The molecule has 0 aliphatic carbocycles. The third-order valence-electron chi connectivity index (χ3n) is 6.70. The molecule has 0 spiro atoms. The van der Waals surface area contributed by atoms with Gasteiger partial charge < -0.3 is 14.6 Å². The lowest BCUT2D eigenvalue weighted by Crippen LogP contribution is -2.42. The summed E-state index contributed by atoms with van der Waals surface area (Å²) < 4.78 is 6.39. The van der Waals surface area contributed by atoms with Crippen LogP contribution in [0.2, 0.25) is 0 Å². The first kappa shape index (κ1) is 26.9.